The van der Waals surface area contributed by atoms with E-state index in [0.717, 1.165) is 35.0 Å². The maximum Gasteiger partial charge on any atom is 0.238 e. The van der Waals surface area contributed by atoms with Gasteiger partial charge in [-0.3, -0.25) is 14.5 Å². The van der Waals surface area contributed by atoms with E-state index in [1.807, 2.05) is 24.3 Å². The molecule has 132 valence electrons. The molecule has 2 aromatic rings. The molecule has 1 aromatic carbocycles. The van der Waals surface area contributed by atoms with Gasteiger partial charge in [0.25, 0.3) is 0 Å². The van der Waals surface area contributed by atoms with Crippen molar-refractivity contribution in [3.05, 3.63) is 34.8 Å². The summed E-state index contributed by atoms with van der Waals surface area (Å²) < 4.78 is 5.10. The number of ether oxygens (including phenoxy) is 1. The molecule has 0 aliphatic carbocycles. The SMILES string of the molecule is COc1ccc(NC(=O)CN2CCc3nc(NC(C)=O)sc3C2)cc1. The van der Waals surface area contributed by atoms with Crippen molar-refractivity contribution in [2.45, 2.75) is 19.9 Å². The van der Waals surface area contributed by atoms with Gasteiger partial charge in [-0.1, -0.05) is 0 Å². The minimum atomic E-state index is -0.123. The van der Waals surface area contributed by atoms with Crippen LogP contribution in [0.1, 0.15) is 17.5 Å². The van der Waals surface area contributed by atoms with E-state index in [-0.39, 0.29) is 11.8 Å². The van der Waals surface area contributed by atoms with E-state index in [1.54, 1.807) is 7.11 Å². The van der Waals surface area contributed by atoms with E-state index in [9.17, 15) is 9.59 Å². The number of carbonyl (C=O) groups is 2. The van der Waals surface area contributed by atoms with Crippen molar-refractivity contribution in [2.24, 2.45) is 0 Å². The van der Waals surface area contributed by atoms with Crippen molar-refractivity contribution in [3.8, 4) is 5.75 Å². The second-order valence-electron chi connectivity index (χ2n) is 5.81. The van der Waals surface area contributed by atoms with Crippen LogP contribution >= 0.6 is 11.3 Å². The number of fused-ring (bicyclic) bond motifs is 1. The third-order valence-corrected chi connectivity index (χ3v) is 4.83. The van der Waals surface area contributed by atoms with Crippen molar-refractivity contribution < 1.29 is 14.3 Å². The van der Waals surface area contributed by atoms with Gasteiger partial charge in [0.2, 0.25) is 11.8 Å². The van der Waals surface area contributed by atoms with Gasteiger partial charge < -0.3 is 15.4 Å². The van der Waals surface area contributed by atoms with E-state index in [1.165, 1.54) is 18.3 Å². The molecular weight excluding hydrogens is 340 g/mol. The lowest BCUT2D eigenvalue weighted by molar-refractivity contribution is -0.117. The highest BCUT2D eigenvalue weighted by molar-refractivity contribution is 7.15. The first kappa shape index (κ1) is 17.4. The zero-order valence-corrected chi connectivity index (χ0v) is 15.0. The standard InChI is InChI=1S/C17H20N4O3S/c1-11(22)18-17-20-14-7-8-21(9-15(14)25-17)10-16(23)19-12-3-5-13(24-2)6-4-12/h3-6H,7-10H2,1-2H3,(H,19,23)(H,18,20,22). The Labute approximate surface area is 150 Å². The van der Waals surface area contributed by atoms with Crippen molar-refractivity contribution in [1.29, 1.82) is 0 Å². The van der Waals surface area contributed by atoms with Crippen LogP contribution in [0.3, 0.4) is 0 Å². The summed E-state index contributed by atoms with van der Waals surface area (Å²) in [5.74, 6) is 0.573. The average molecular weight is 360 g/mol. The second-order valence-corrected chi connectivity index (χ2v) is 6.89. The number of benzene rings is 1. The predicted octanol–water partition coefficient (Wildman–Crippen LogP) is 2.11. The van der Waals surface area contributed by atoms with Crippen molar-refractivity contribution >= 4 is 34.0 Å². The highest BCUT2D eigenvalue weighted by atomic mass is 32.1. The van der Waals surface area contributed by atoms with Crippen LogP contribution in [-0.2, 0) is 22.6 Å². The number of hydrogen-bond acceptors (Lipinski definition) is 6. The van der Waals surface area contributed by atoms with Crippen molar-refractivity contribution in [2.75, 3.05) is 30.8 Å². The number of hydrogen-bond donors (Lipinski definition) is 2. The number of methoxy groups -OCH3 is 1. The number of thiazole rings is 1. The first-order valence-electron chi connectivity index (χ1n) is 7.96. The summed E-state index contributed by atoms with van der Waals surface area (Å²) >= 11 is 1.47. The Kier molecular flexibility index (Phi) is 5.30. The molecule has 0 atom stereocenters. The highest BCUT2D eigenvalue weighted by Gasteiger charge is 2.22. The number of anilines is 2. The summed E-state index contributed by atoms with van der Waals surface area (Å²) in [4.78, 5) is 31.0. The summed E-state index contributed by atoms with van der Waals surface area (Å²) in [6.45, 7) is 3.23. The molecule has 0 saturated heterocycles. The van der Waals surface area contributed by atoms with Gasteiger partial charge in [0.1, 0.15) is 5.75 Å². The molecule has 0 saturated carbocycles. The van der Waals surface area contributed by atoms with E-state index in [4.69, 9.17) is 4.74 Å². The summed E-state index contributed by atoms with van der Waals surface area (Å²) in [5, 5.41) is 6.24. The minimum absolute atomic E-state index is 0.0554. The lowest BCUT2D eigenvalue weighted by atomic mass is 10.2. The Morgan fingerprint density at radius 3 is 2.72 bits per heavy atom. The van der Waals surface area contributed by atoms with Gasteiger partial charge in [-0.15, -0.1) is 11.3 Å². The van der Waals surface area contributed by atoms with E-state index in [2.05, 4.69) is 20.5 Å². The van der Waals surface area contributed by atoms with Gasteiger partial charge in [-0.05, 0) is 24.3 Å². The molecule has 0 fully saturated rings. The highest BCUT2D eigenvalue weighted by Crippen LogP contribution is 2.28. The summed E-state index contributed by atoms with van der Waals surface area (Å²) in [6, 6.07) is 7.25. The largest absolute Gasteiger partial charge is 0.497 e. The Morgan fingerprint density at radius 1 is 1.28 bits per heavy atom. The lowest BCUT2D eigenvalue weighted by Gasteiger charge is -2.25. The summed E-state index contributed by atoms with van der Waals surface area (Å²) in [5.41, 5.74) is 1.76. The number of carbonyl (C=O) groups excluding carboxylic acids is 2. The molecule has 0 unspecified atom stereocenters. The number of amides is 2. The van der Waals surface area contributed by atoms with Crippen molar-refractivity contribution in [1.82, 2.24) is 9.88 Å². The average Bonchev–Trinajstić information content (AvgIpc) is 2.96. The van der Waals surface area contributed by atoms with Crippen LogP contribution in [0, 0.1) is 0 Å². The molecule has 2 N–H and O–H groups in total. The number of nitrogens with one attached hydrogen (secondary N) is 2. The maximum absolute atomic E-state index is 12.2. The van der Waals surface area contributed by atoms with Gasteiger partial charge in [0, 0.05) is 37.0 Å². The smallest absolute Gasteiger partial charge is 0.238 e. The fourth-order valence-electron chi connectivity index (χ4n) is 2.67. The molecule has 25 heavy (non-hydrogen) atoms. The Bertz CT molecular complexity index is 773. The van der Waals surface area contributed by atoms with E-state index >= 15 is 0 Å². The summed E-state index contributed by atoms with van der Waals surface area (Å²) in [7, 11) is 1.61. The van der Waals surface area contributed by atoms with Crippen LogP contribution in [0.2, 0.25) is 0 Å². The molecule has 7 nitrogen and oxygen atoms in total. The van der Waals surface area contributed by atoms with E-state index < -0.39 is 0 Å². The molecular formula is C17H20N4O3S. The second kappa shape index (κ2) is 7.62. The lowest BCUT2D eigenvalue weighted by Crippen LogP contribution is -2.36. The fourth-order valence-corrected chi connectivity index (χ4v) is 3.76. The molecule has 1 aliphatic heterocycles. The third-order valence-electron chi connectivity index (χ3n) is 3.83. The van der Waals surface area contributed by atoms with Gasteiger partial charge >= 0.3 is 0 Å². The van der Waals surface area contributed by atoms with Crippen LogP contribution in [0.5, 0.6) is 5.75 Å². The minimum Gasteiger partial charge on any atom is -0.497 e. The molecule has 0 spiro atoms. The first-order chi connectivity index (χ1) is 12.0. The molecule has 0 radical (unpaired) electrons. The molecule has 2 heterocycles. The predicted molar refractivity (Wildman–Crippen MR) is 97.0 cm³/mol. The van der Waals surface area contributed by atoms with Crippen LogP contribution in [0.4, 0.5) is 10.8 Å². The molecule has 2 amide bonds. The Hall–Kier alpha value is -2.45. The number of rotatable bonds is 5. The fraction of sp³-hybridized carbons (Fsp3) is 0.353. The topological polar surface area (TPSA) is 83.6 Å². The normalized spacial score (nSPS) is 13.8. The zero-order valence-electron chi connectivity index (χ0n) is 14.2. The monoisotopic (exact) mass is 360 g/mol. The quantitative estimate of drug-likeness (QED) is 0.853. The van der Waals surface area contributed by atoms with Crippen LogP contribution in [0.25, 0.3) is 0 Å². The van der Waals surface area contributed by atoms with Gasteiger partial charge in [-0.25, -0.2) is 4.98 Å². The molecule has 8 heteroatoms. The zero-order chi connectivity index (χ0) is 17.8. The molecule has 1 aliphatic rings. The molecule has 1 aromatic heterocycles. The Morgan fingerprint density at radius 2 is 2.04 bits per heavy atom. The Balaban J connectivity index is 1.55. The molecule has 0 bridgehead atoms. The van der Waals surface area contributed by atoms with Gasteiger partial charge in [0.15, 0.2) is 5.13 Å². The van der Waals surface area contributed by atoms with Crippen molar-refractivity contribution in [3.63, 3.8) is 0 Å². The summed E-state index contributed by atoms with van der Waals surface area (Å²) in [6.07, 6.45) is 0.779. The number of aromatic nitrogens is 1. The third kappa shape index (κ3) is 4.55. The van der Waals surface area contributed by atoms with E-state index in [0.29, 0.717) is 18.2 Å². The van der Waals surface area contributed by atoms with Crippen LogP contribution in [0.15, 0.2) is 24.3 Å². The number of nitrogens with zero attached hydrogens (tertiary/aromatic N) is 2. The van der Waals surface area contributed by atoms with Gasteiger partial charge in [-0.2, -0.15) is 0 Å². The molecule has 3 rings (SSSR count). The maximum atomic E-state index is 12.2. The van der Waals surface area contributed by atoms with Crippen LogP contribution < -0.4 is 15.4 Å². The van der Waals surface area contributed by atoms with Gasteiger partial charge in [0.05, 0.1) is 19.3 Å². The first-order valence-corrected chi connectivity index (χ1v) is 8.77. The van der Waals surface area contributed by atoms with Crippen LogP contribution in [-0.4, -0.2) is 41.9 Å².